The third-order valence-electron chi connectivity index (χ3n) is 5.61. The van der Waals surface area contributed by atoms with Gasteiger partial charge in [-0.05, 0) is 29.8 Å². The van der Waals surface area contributed by atoms with Crippen molar-refractivity contribution < 1.29 is 35.9 Å². The van der Waals surface area contributed by atoms with Crippen molar-refractivity contribution in [2.24, 2.45) is 0 Å². The highest BCUT2D eigenvalue weighted by atomic mass is 19.4. The van der Waals surface area contributed by atoms with E-state index in [1.54, 1.807) is 12.1 Å². The summed E-state index contributed by atoms with van der Waals surface area (Å²) in [4.78, 5) is 28.1. The Kier molecular flexibility index (Phi) is 5.23. The number of hydrogen-bond acceptors (Lipinski definition) is 4. The Hall–Kier alpha value is -4.42. The summed E-state index contributed by atoms with van der Waals surface area (Å²) in [5.41, 5.74) is -3.08. The fraction of sp³-hybridized carbons (Fsp3) is 0.130. The van der Waals surface area contributed by atoms with Crippen molar-refractivity contribution in [3.63, 3.8) is 0 Å². The van der Waals surface area contributed by atoms with Crippen LogP contribution in [-0.2, 0) is 18.9 Å². The number of amides is 2. The number of nitrogens with zero attached hydrogens (tertiary/aromatic N) is 3. The Morgan fingerprint density at radius 3 is 2.53 bits per heavy atom. The summed E-state index contributed by atoms with van der Waals surface area (Å²) in [6, 6.07) is 9.06. The second-order valence-corrected chi connectivity index (χ2v) is 7.85. The molecule has 0 saturated heterocycles. The second-order valence-electron chi connectivity index (χ2n) is 7.85. The fourth-order valence-corrected chi connectivity index (χ4v) is 4.09. The Morgan fingerprint density at radius 1 is 1.03 bits per heavy atom. The fourth-order valence-electron chi connectivity index (χ4n) is 4.09. The average molecular weight is 505 g/mol. The standard InChI is InChI=1S/C23H13F6N5O2/c24-22(25,26)17-8-12(6-7-30-17)33-21(36)15-10-32-34(19(15)23(27,28)29)16-5-4-11-9-31-20(35)14-3-1-2-13(16)18(11)14/h1-8,10H,9H2,(H,31,35)(H,30,33,36). The maximum atomic E-state index is 14.2. The molecule has 2 aromatic carbocycles. The zero-order chi connectivity index (χ0) is 25.8. The van der Waals surface area contributed by atoms with Gasteiger partial charge in [0.1, 0.15) is 5.69 Å². The maximum Gasteiger partial charge on any atom is 0.434 e. The van der Waals surface area contributed by atoms with E-state index in [1.165, 1.54) is 18.2 Å². The van der Waals surface area contributed by atoms with Crippen LogP contribution in [0.15, 0.2) is 54.9 Å². The van der Waals surface area contributed by atoms with Gasteiger partial charge in [0, 0.05) is 34.8 Å². The van der Waals surface area contributed by atoms with E-state index in [-0.39, 0.29) is 23.7 Å². The summed E-state index contributed by atoms with van der Waals surface area (Å²) in [6.07, 6.45) is -8.41. The van der Waals surface area contributed by atoms with Gasteiger partial charge in [-0.1, -0.05) is 18.2 Å². The van der Waals surface area contributed by atoms with E-state index in [2.05, 4.69) is 15.4 Å². The molecule has 0 saturated carbocycles. The second kappa shape index (κ2) is 8.07. The Balaban J connectivity index is 1.61. The molecule has 2 aromatic heterocycles. The van der Waals surface area contributed by atoms with Crippen molar-refractivity contribution >= 4 is 28.3 Å². The van der Waals surface area contributed by atoms with Gasteiger partial charge in [0.05, 0.1) is 17.4 Å². The number of halogens is 6. The summed E-state index contributed by atoms with van der Waals surface area (Å²) >= 11 is 0. The van der Waals surface area contributed by atoms with E-state index in [4.69, 9.17) is 0 Å². The molecular formula is C23H13F6N5O2. The minimum atomic E-state index is -5.06. The first-order valence-corrected chi connectivity index (χ1v) is 10.3. The summed E-state index contributed by atoms with van der Waals surface area (Å²) in [5, 5.41) is 9.28. The highest BCUT2D eigenvalue weighted by Crippen LogP contribution is 2.37. The average Bonchev–Trinajstić information content (AvgIpc) is 3.27. The molecule has 1 aliphatic rings. The molecule has 13 heteroatoms. The van der Waals surface area contributed by atoms with E-state index in [0.717, 1.165) is 12.3 Å². The quantitative estimate of drug-likeness (QED) is 0.386. The van der Waals surface area contributed by atoms with Crippen molar-refractivity contribution in [3.8, 4) is 5.69 Å². The molecular weight excluding hydrogens is 492 g/mol. The third kappa shape index (κ3) is 3.91. The lowest BCUT2D eigenvalue weighted by Gasteiger charge is -2.20. The SMILES string of the molecule is O=C(Nc1ccnc(C(F)(F)F)c1)c1cnn(-c2ccc3c4c(cccc24)C(=O)NC3)c1C(F)(F)F. The van der Waals surface area contributed by atoms with Gasteiger partial charge in [0.2, 0.25) is 0 Å². The summed E-state index contributed by atoms with van der Waals surface area (Å²) in [7, 11) is 0. The number of rotatable bonds is 3. The number of aromatic nitrogens is 3. The first-order chi connectivity index (χ1) is 16.9. The van der Waals surface area contributed by atoms with Crippen LogP contribution in [0, 0.1) is 0 Å². The van der Waals surface area contributed by atoms with Crippen LogP contribution in [0.25, 0.3) is 16.5 Å². The number of hydrogen-bond donors (Lipinski definition) is 2. The first-order valence-electron chi connectivity index (χ1n) is 10.3. The first kappa shape index (κ1) is 23.3. The molecule has 2 amide bonds. The lowest BCUT2D eigenvalue weighted by Crippen LogP contribution is -2.27. The van der Waals surface area contributed by atoms with Gasteiger partial charge in [-0.15, -0.1) is 0 Å². The van der Waals surface area contributed by atoms with Crippen LogP contribution >= 0.6 is 0 Å². The molecule has 2 N–H and O–H groups in total. The highest BCUT2D eigenvalue weighted by Gasteiger charge is 2.41. The number of benzene rings is 2. The van der Waals surface area contributed by atoms with Gasteiger partial charge >= 0.3 is 12.4 Å². The molecule has 1 aliphatic heterocycles. The van der Waals surface area contributed by atoms with Crippen molar-refractivity contribution in [3.05, 3.63) is 82.9 Å². The van der Waals surface area contributed by atoms with Crippen LogP contribution in [0.5, 0.6) is 0 Å². The van der Waals surface area contributed by atoms with Crippen molar-refractivity contribution in [1.82, 2.24) is 20.1 Å². The molecule has 184 valence electrons. The van der Waals surface area contributed by atoms with E-state index in [0.29, 0.717) is 33.3 Å². The van der Waals surface area contributed by atoms with Crippen LogP contribution < -0.4 is 10.6 Å². The van der Waals surface area contributed by atoms with E-state index in [1.807, 2.05) is 5.32 Å². The smallest absolute Gasteiger partial charge is 0.348 e. The number of alkyl halides is 6. The van der Waals surface area contributed by atoms with E-state index < -0.39 is 40.9 Å². The van der Waals surface area contributed by atoms with Gasteiger partial charge in [0.25, 0.3) is 11.8 Å². The molecule has 3 heterocycles. The monoisotopic (exact) mass is 505 g/mol. The molecule has 0 spiro atoms. The van der Waals surface area contributed by atoms with Crippen LogP contribution in [0.1, 0.15) is 37.7 Å². The zero-order valence-corrected chi connectivity index (χ0v) is 17.8. The van der Waals surface area contributed by atoms with Gasteiger partial charge in [0.15, 0.2) is 5.69 Å². The molecule has 0 bridgehead atoms. The number of carbonyl (C=O) groups excluding carboxylic acids is 2. The molecule has 0 fully saturated rings. The largest absolute Gasteiger partial charge is 0.434 e. The molecule has 36 heavy (non-hydrogen) atoms. The van der Waals surface area contributed by atoms with Crippen LogP contribution in [0.4, 0.5) is 32.0 Å². The number of nitrogens with one attached hydrogen (secondary N) is 2. The lowest BCUT2D eigenvalue weighted by atomic mass is 9.94. The minimum Gasteiger partial charge on any atom is -0.348 e. The van der Waals surface area contributed by atoms with Gasteiger partial charge in [-0.25, -0.2) is 4.68 Å². The van der Waals surface area contributed by atoms with Crippen LogP contribution in [0.3, 0.4) is 0 Å². The summed E-state index contributed by atoms with van der Waals surface area (Å²) < 4.78 is 81.8. The van der Waals surface area contributed by atoms with Gasteiger partial charge < -0.3 is 10.6 Å². The lowest BCUT2D eigenvalue weighted by molar-refractivity contribution is -0.143. The van der Waals surface area contributed by atoms with Crippen LogP contribution in [-0.4, -0.2) is 26.6 Å². The molecule has 0 unspecified atom stereocenters. The van der Waals surface area contributed by atoms with Crippen LogP contribution in [0.2, 0.25) is 0 Å². The molecule has 0 atom stereocenters. The molecule has 7 nitrogen and oxygen atoms in total. The van der Waals surface area contributed by atoms with Crippen molar-refractivity contribution in [2.45, 2.75) is 18.9 Å². The minimum absolute atomic E-state index is 0.0278. The number of pyridine rings is 1. The topological polar surface area (TPSA) is 88.9 Å². The highest BCUT2D eigenvalue weighted by molar-refractivity contribution is 6.12. The summed E-state index contributed by atoms with van der Waals surface area (Å²) in [5.74, 6) is -1.69. The Bertz CT molecular complexity index is 1540. The van der Waals surface area contributed by atoms with Crippen molar-refractivity contribution in [1.29, 1.82) is 0 Å². The van der Waals surface area contributed by atoms with Gasteiger partial charge in [-0.2, -0.15) is 31.4 Å². The zero-order valence-electron chi connectivity index (χ0n) is 17.8. The third-order valence-corrected chi connectivity index (χ3v) is 5.61. The molecule has 4 aromatic rings. The molecule has 0 radical (unpaired) electrons. The normalized spacial score (nSPS) is 13.6. The van der Waals surface area contributed by atoms with E-state index >= 15 is 0 Å². The molecule has 5 rings (SSSR count). The summed E-state index contributed by atoms with van der Waals surface area (Å²) in [6.45, 7) is 0.192. The maximum absolute atomic E-state index is 14.2. The Labute approximate surface area is 197 Å². The molecule has 0 aliphatic carbocycles. The Morgan fingerprint density at radius 2 is 1.81 bits per heavy atom. The number of carbonyl (C=O) groups is 2. The number of anilines is 1. The van der Waals surface area contributed by atoms with Gasteiger partial charge in [-0.3, -0.25) is 14.6 Å². The predicted molar refractivity (Wildman–Crippen MR) is 114 cm³/mol. The van der Waals surface area contributed by atoms with E-state index in [9.17, 15) is 35.9 Å². The predicted octanol–water partition coefficient (Wildman–Crippen LogP) is 4.95. The van der Waals surface area contributed by atoms with Crippen molar-refractivity contribution in [2.75, 3.05) is 5.32 Å².